The smallest absolute Gasteiger partial charge is 0.121 e. The van der Waals surface area contributed by atoms with Crippen molar-refractivity contribution in [1.82, 2.24) is 10.9 Å². The Hall–Kier alpha value is -0.630. The van der Waals surface area contributed by atoms with E-state index >= 15 is 0 Å². The number of hydrogen-bond donors (Lipinski definition) is 2. The van der Waals surface area contributed by atoms with Crippen LogP contribution in [0.4, 0.5) is 0 Å². The van der Waals surface area contributed by atoms with Gasteiger partial charge in [0.05, 0.1) is 0 Å². The Morgan fingerprint density at radius 2 is 2.38 bits per heavy atom. The first kappa shape index (κ1) is 5.51. The van der Waals surface area contributed by atoms with Crippen LogP contribution in [-0.2, 0) is 0 Å². The zero-order valence-corrected chi connectivity index (χ0v) is 5.29. The zero-order chi connectivity index (χ0) is 5.98. The molecule has 0 radical (unpaired) electrons. The van der Waals surface area contributed by atoms with E-state index in [0.717, 1.165) is 5.57 Å². The molecular formula is C5H7ClN2. The summed E-state index contributed by atoms with van der Waals surface area (Å²) in [6.07, 6.45) is 3.68. The van der Waals surface area contributed by atoms with Crippen LogP contribution < -0.4 is 10.9 Å². The van der Waals surface area contributed by atoms with Crippen LogP contribution in [0, 0.1) is 0 Å². The Balaban J connectivity index is 2.69. The summed E-state index contributed by atoms with van der Waals surface area (Å²) in [6.45, 7) is 1.97. The summed E-state index contributed by atoms with van der Waals surface area (Å²) in [5.74, 6) is 0. The molecule has 0 aromatic rings. The zero-order valence-electron chi connectivity index (χ0n) is 4.53. The molecule has 1 heterocycles. The van der Waals surface area contributed by atoms with Gasteiger partial charge in [-0.15, -0.1) is 0 Å². The van der Waals surface area contributed by atoms with E-state index in [9.17, 15) is 0 Å². The third kappa shape index (κ3) is 1.17. The van der Waals surface area contributed by atoms with Gasteiger partial charge in [0.1, 0.15) is 5.16 Å². The number of allylic oxidation sites excluding steroid dienone is 2. The predicted octanol–water partition coefficient (Wildman–Crippen LogP) is 1.08. The summed E-state index contributed by atoms with van der Waals surface area (Å²) in [6, 6.07) is 0. The molecule has 0 bridgehead atoms. The van der Waals surface area contributed by atoms with Crippen LogP contribution in [0.25, 0.3) is 0 Å². The topological polar surface area (TPSA) is 24.1 Å². The molecule has 0 spiro atoms. The van der Waals surface area contributed by atoms with Gasteiger partial charge in [0.2, 0.25) is 0 Å². The van der Waals surface area contributed by atoms with Gasteiger partial charge in [-0.1, -0.05) is 11.6 Å². The summed E-state index contributed by atoms with van der Waals surface area (Å²) in [4.78, 5) is 0. The molecule has 0 saturated heterocycles. The molecule has 1 rings (SSSR count). The fraction of sp³-hybridized carbons (Fsp3) is 0.200. The van der Waals surface area contributed by atoms with E-state index in [0.29, 0.717) is 5.16 Å². The lowest BCUT2D eigenvalue weighted by molar-refractivity contribution is 0.744. The molecule has 2 nitrogen and oxygen atoms in total. The van der Waals surface area contributed by atoms with Crippen LogP contribution in [0.15, 0.2) is 23.0 Å². The largest absolute Gasteiger partial charge is 0.307 e. The van der Waals surface area contributed by atoms with E-state index in [1.165, 1.54) is 0 Å². The average molecular weight is 131 g/mol. The van der Waals surface area contributed by atoms with Crippen molar-refractivity contribution in [2.45, 2.75) is 6.92 Å². The highest BCUT2D eigenvalue weighted by Crippen LogP contribution is 2.04. The Kier molecular flexibility index (Phi) is 1.44. The van der Waals surface area contributed by atoms with Gasteiger partial charge in [0.25, 0.3) is 0 Å². The molecule has 3 heteroatoms. The van der Waals surface area contributed by atoms with Gasteiger partial charge in [0.15, 0.2) is 0 Å². The fourth-order valence-electron chi connectivity index (χ4n) is 0.497. The normalized spacial score (nSPS) is 17.8. The number of rotatable bonds is 0. The quantitative estimate of drug-likeness (QED) is 0.480. The molecule has 2 N–H and O–H groups in total. The lowest BCUT2D eigenvalue weighted by atomic mass is 10.3. The Morgan fingerprint density at radius 3 is 2.75 bits per heavy atom. The Morgan fingerprint density at radius 1 is 1.62 bits per heavy atom. The third-order valence-corrected chi connectivity index (χ3v) is 1.05. The van der Waals surface area contributed by atoms with Crippen LogP contribution in [0.5, 0.6) is 0 Å². The van der Waals surface area contributed by atoms with Crippen LogP contribution in [0.3, 0.4) is 0 Å². The highest BCUT2D eigenvalue weighted by atomic mass is 35.5. The molecule has 1 aliphatic heterocycles. The van der Waals surface area contributed by atoms with E-state index in [2.05, 4.69) is 10.9 Å². The highest BCUT2D eigenvalue weighted by Gasteiger charge is 1.93. The SMILES string of the molecule is CC1=CNNC(Cl)=C1. The standard InChI is InChI=1S/C5H7ClN2/c1-4-2-5(6)8-7-3-4/h2-3,7-8H,1H3. The van der Waals surface area contributed by atoms with E-state index in [1.54, 1.807) is 0 Å². The molecule has 0 aromatic carbocycles. The van der Waals surface area contributed by atoms with Crippen molar-refractivity contribution in [3.63, 3.8) is 0 Å². The molecule has 1 aliphatic rings. The first-order chi connectivity index (χ1) is 3.79. The first-order valence-corrected chi connectivity index (χ1v) is 2.72. The number of hydrogen-bond acceptors (Lipinski definition) is 2. The summed E-state index contributed by atoms with van der Waals surface area (Å²) < 4.78 is 0. The summed E-state index contributed by atoms with van der Waals surface area (Å²) in [5, 5.41) is 0.630. The van der Waals surface area contributed by atoms with Crippen molar-refractivity contribution in [3.05, 3.63) is 23.0 Å². The van der Waals surface area contributed by atoms with Crippen molar-refractivity contribution in [1.29, 1.82) is 0 Å². The van der Waals surface area contributed by atoms with Gasteiger partial charge in [-0.05, 0) is 18.6 Å². The fourth-order valence-corrected chi connectivity index (χ4v) is 0.723. The van der Waals surface area contributed by atoms with E-state index in [-0.39, 0.29) is 0 Å². The minimum Gasteiger partial charge on any atom is -0.307 e. The van der Waals surface area contributed by atoms with Crippen molar-refractivity contribution < 1.29 is 0 Å². The summed E-state index contributed by atoms with van der Waals surface area (Å²) in [5.41, 5.74) is 6.60. The van der Waals surface area contributed by atoms with Crippen molar-refractivity contribution in [3.8, 4) is 0 Å². The van der Waals surface area contributed by atoms with Crippen LogP contribution in [0.2, 0.25) is 0 Å². The van der Waals surface area contributed by atoms with E-state index in [1.807, 2.05) is 19.2 Å². The molecular weight excluding hydrogens is 124 g/mol. The lowest BCUT2D eigenvalue weighted by Crippen LogP contribution is -2.26. The van der Waals surface area contributed by atoms with E-state index < -0.39 is 0 Å². The van der Waals surface area contributed by atoms with Crippen molar-refractivity contribution >= 4 is 11.6 Å². The Labute approximate surface area is 53.2 Å². The van der Waals surface area contributed by atoms with Gasteiger partial charge in [0, 0.05) is 6.20 Å². The molecule has 0 atom stereocenters. The molecule has 0 aliphatic carbocycles. The molecule has 8 heavy (non-hydrogen) atoms. The summed E-state index contributed by atoms with van der Waals surface area (Å²) >= 11 is 5.56. The van der Waals surface area contributed by atoms with Crippen molar-refractivity contribution in [2.24, 2.45) is 0 Å². The Bertz CT molecular complexity index is 149. The molecule has 0 unspecified atom stereocenters. The van der Waals surface area contributed by atoms with Crippen LogP contribution in [-0.4, -0.2) is 0 Å². The first-order valence-electron chi connectivity index (χ1n) is 2.34. The number of hydrazine groups is 1. The lowest BCUT2D eigenvalue weighted by Gasteiger charge is -2.09. The minimum absolute atomic E-state index is 0.630. The highest BCUT2D eigenvalue weighted by molar-refractivity contribution is 6.29. The monoisotopic (exact) mass is 130 g/mol. The number of nitrogens with one attached hydrogen (secondary N) is 2. The molecule has 0 aromatic heterocycles. The van der Waals surface area contributed by atoms with Crippen LogP contribution >= 0.6 is 11.6 Å². The second kappa shape index (κ2) is 2.09. The van der Waals surface area contributed by atoms with Gasteiger partial charge in [-0.3, -0.25) is 5.43 Å². The van der Waals surface area contributed by atoms with Crippen molar-refractivity contribution in [2.75, 3.05) is 0 Å². The summed E-state index contributed by atoms with van der Waals surface area (Å²) in [7, 11) is 0. The molecule has 0 fully saturated rings. The molecule has 0 amide bonds. The van der Waals surface area contributed by atoms with E-state index in [4.69, 9.17) is 11.6 Å². The molecule has 0 saturated carbocycles. The maximum absolute atomic E-state index is 5.56. The number of halogens is 1. The predicted molar refractivity (Wildman–Crippen MR) is 34.0 cm³/mol. The second-order valence-corrected chi connectivity index (χ2v) is 2.06. The van der Waals surface area contributed by atoms with Gasteiger partial charge < -0.3 is 5.43 Å². The van der Waals surface area contributed by atoms with Gasteiger partial charge in [-0.25, -0.2) is 0 Å². The second-order valence-electron chi connectivity index (χ2n) is 1.65. The average Bonchev–Trinajstić information content (AvgIpc) is 1.64. The van der Waals surface area contributed by atoms with Crippen LogP contribution in [0.1, 0.15) is 6.92 Å². The molecule has 44 valence electrons. The van der Waals surface area contributed by atoms with Gasteiger partial charge >= 0.3 is 0 Å². The maximum atomic E-state index is 5.56. The third-order valence-electron chi connectivity index (χ3n) is 0.846. The van der Waals surface area contributed by atoms with Gasteiger partial charge in [-0.2, -0.15) is 0 Å². The minimum atomic E-state index is 0.630. The maximum Gasteiger partial charge on any atom is 0.121 e.